The van der Waals surface area contributed by atoms with Crippen molar-refractivity contribution in [1.29, 1.82) is 0 Å². The summed E-state index contributed by atoms with van der Waals surface area (Å²) in [5.41, 5.74) is 0. The number of aliphatic hydroxyl groups is 1. The van der Waals surface area contributed by atoms with Crippen LogP contribution in [0.1, 0.15) is 25.7 Å². The second-order valence-corrected chi connectivity index (χ2v) is 2.85. The molecule has 0 amide bonds. The van der Waals surface area contributed by atoms with Crippen LogP contribution in [0.5, 0.6) is 0 Å². The second-order valence-electron chi connectivity index (χ2n) is 2.85. The molecule has 1 fully saturated rings. The summed E-state index contributed by atoms with van der Waals surface area (Å²) in [5.74, 6) is 0.485. The van der Waals surface area contributed by atoms with Crippen LogP contribution < -0.4 is 0 Å². The van der Waals surface area contributed by atoms with Gasteiger partial charge in [-0.1, -0.05) is 26.1 Å². The zero-order valence-electron chi connectivity index (χ0n) is 6.01. The van der Waals surface area contributed by atoms with Gasteiger partial charge in [0.1, 0.15) is 7.28 Å². The molecule has 0 heterocycles. The van der Waals surface area contributed by atoms with Crippen LogP contribution in [-0.2, 0) is 0 Å². The minimum atomic E-state index is -0.0382. The van der Waals surface area contributed by atoms with E-state index in [1.165, 1.54) is 19.3 Å². The molecule has 0 bridgehead atoms. The van der Waals surface area contributed by atoms with Crippen LogP contribution in [0, 0.1) is 0 Å². The van der Waals surface area contributed by atoms with Crippen molar-refractivity contribution in [1.82, 2.24) is 0 Å². The van der Waals surface area contributed by atoms with Gasteiger partial charge in [0, 0.05) is 6.10 Å². The first-order chi connectivity index (χ1) is 4.34. The molecule has 1 nitrogen and oxygen atoms in total. The van der Waals surface area contributed by atoms with Crippen LogP contribution in [0.25, 0.3) is 0 Å². The molecule has 0 spiro atoms. The van der Waals surface area contributed by atoms with Crippen molar-refractivity contribution in [2.75, 3.05) is 0 Å². The van der Waals surface area contributed by atoms with Crippen LogP contribution in [0.15, 0.2) is 0 Å². The lowest BCUT2D eigenvalue weighted by atomic mass is 9.60. The highest BCUT2D eigenvalue weighted by Crippen LogP contribution is 2.27. The Hall–Kier alpha value is 0.0249. The molecule has 2 heteroatoms. The van der Waals surface area contributed by atoms with Gasteiger partial charge in [0.05, 0.1) is 0 Å². The van der Waals surface area contributed by atoms with Crippen LogP contribution in [0.2, 0.25) is 12.6 Å². The van der Waals surface area contributed by atoms with Crippen molar-refractivity contribution in [3.8, 4) is 0 Å². The third-order valence-electron chi connectivity index (χ3n) is 2.21. The van der Waals surface area contributed by atoms with Gasteiger partial charge in [0.15, 0.2) is 0 Å². The maximum atomic E-state index is 9.34. The lowest BCUT2D eigenvalue weighted by Gasteiger charge is -2.25. The van der Waals surface area contributed by atoms with E-state index in [1.807, 2.05) is 6.82 Å². The van der Waals surface area contributed by atoms with Gasteiger partial charge in [-0.25, -0.2) is 0 Å². The summed E-state index contributed by atoms with van der Waals surface area (Å²) in [6.07, 6.45) is 4.67. The molecule has 1 aliphatic carbocycles. The number of hydrogen-bond donors (Lipinski definition) is 1. The molecule has 9 heavy (non-hydrogen) atoms. The van der Waals surface area contributed by atoms with Gasteiger partial charge in [-0.15, -0.1) is 0 Å². The van der Waals surface area contributed by atoms with Crippen molar-refractivity contribution in [2.24, 2.45) is 0 Å². The highest BCUT2D eigenvalue weighted by Gasteiger charge is 2.20. The Balaban J connectivity index is 2.30. The number of rotatable bonds is 1. The van der Waals surface area contributed by atoms with Gasteiger partial charge in [-0.3, -0.25) is 0 Å². The lowest BCUT2D eigenvalue weighted by Crippen LogP contribution is -2.22. The maximum Gasteiger partial charge on any atom is 0.113 e. The molecule has 51 valence electrons. The standard InChI is InChI=1S/C7H14BO/c1-8-6-4-2-3-5-7(6)9/h6-7,9H,2-5H2,1H3/t6-,7-/m0/s1. The zero-order chi connectivity index (χ0) is 6.69. The molecule has 1 aliphatic rings. The summed E-state index contributed by atoms with van der Waals surface area (Å²) < 4.78 is 0. The Labute approximate surface area is 57.7 Å². The first kappa shape index (κ1) is 7.14. The third kappa shape index (κ3) is 1.72. The smallest absolute Gasteiger partial charge is 0.113 e. The monoisotopic (exact) mass is 125 g/mol. The van der Waals surface area contributed by atoms with Crippen molar-refractivity contribution in [3.63, 3.8) is 0 Å². The van der Waals surface area contributed by atoms with Gasteiger partial charge in [0.2, 0.25) is 0 Å². The van der Waals surface area contributed by atoms with Crippen LogP contribution >= 0.6 is 0 Å². The topological polar surface area (TPSA) is 20.2 Å². The van der Waals surface area contributed by atoms with E-state index in [0.29, 0.717) is 5.82 Å². The van der Waals surface area contributed by atoms with E-state index in [2.05, 4.69) is 7.28 Å². The van der Waals surface area contributed by atoms with Gasteiger partial charge in [0.25, 0.3) is 0 Å². The van der Waals surface area contributed by atoms with Crippen LogP contribution in [-0.4, -0.2) is 18.5 Å². The van der Waals surface area contributed by atoms with Crippen molar-refractivity contribution >= 4 is 7.28 Å². The normalized spacial score (nSPS) is 36.2. The SMILES string of the molecule is C[B][C@H]1CCCC[C@@H]1O. The first-order valence-corrected chi connectivity index (χ1v) is 3.82. The van der Waals surface area contributed by atoms with Crippen LogP contribution in [0.3, 0.4) is 0 Å². The second kappa shape index (κ2) is 3.26. The highest BCUT2D eigenvalue weighted by atomic mass is 16.3. The lowest BCUT2D eigenvalue weighted by molar-refractivity contribution is 0.130. The summed E-state index contributed by atoms with van der Waals surface area (Å²) in [7, 11) is 2.13. The molecule has 0 saturated heterocycles. The molecule has 0 unspecified atom stereocenters. The molecular weight excluding hydrogens is 111 g/mol. The molecule has 0 aromatic carbocycles. The molecule has 0 aliphatic heterocycles. The van der Waals surface area contributed by atoms with Crippen LogP contribution in [0.4, 0.5) is 0 Å². The molecule has 1 rings (SSSR count). The van der Waals surface area contributed by atoms with E-state index in [0.717, 1.165) is 6.42 Å². The van der Waals surface area contributed by atoms with E-state index < -0.39 is 0 Å². The minimum Gasteiger partial charge on any atom is -0.394 e. The summed E-state index contributed by atoms with van der Waals surface area (Å²) >= 11 is 0. The summed E-state index contributed by atoms with van der Waals surface area (Å²) in [6, 6.07) is 0. The van der Waals surface area contributed by atoms with Crippen molar-refractivity contribution < 1.29 is 5.11 Å². The van der Waals surface area contributed by atoms with E-state index >= 15 is 0 Å². The average molecular weight is 125 g/mol. The molecule has 1 N–H and O–H groups in total. The largest absolute Gasteiger partial charge is 0.394 e. The fourth-order valence-electron chi connectivity index (χ4n) is 1.53. The zero-order valence-corrected chi connectivity index (χ0v) is 6.01. The number of aliphatic hydroxyl groups excluding tert-OH is 1. The Bertz CT molecular complexity index is 85.0. The molecule has 1 saturated carbocycles. The van der Waals surface area contributed by atoms with Crippen molar-refractivity contribution in [3.05, 3.63) is 0 Å². The van der Waals surface area contributed by atoms with Gasteiger partial charge in [-0.05, 0) is 12.2 Å². The Morgan fingerprint density at radius 1 is 1.33 bits per heavy atom. The maximum absolute atomic E-state index is 9.34. The van der Waals surface area contributed by atoms with Gasteiger partial charge >= 0.3 is 0 Å². The Kier molecular flexibility index (Phi) is 2.58. The van der Waals surface area contributed by atoms with Gasteiger partial charge in [-0.2, -0.15) is 0 Å². The molecule has 2 atom stereocenters. The fraction of sp³-hybridized carbons (Fsp3) is 1.00. The molecule has 0 aromatic rings. The fourth-order valence-corrected chi connectivity index (χ4v) is 1.53. The predicted molar refractivity (Wildman–Crippen MR) is 39.8 cm³/mol. The Morgan fingerprint density at radius 3 is 2.44 bits per heavy atom. The highest BCUT2D eigenvalue weighted by molar-refractivity contribution is 6.35. The summed E-state index contributed by atoms with van der Waals surface area (Å²) in [6.45, 7) is 2.04. The van der Waals surface area contributed by atoms with E-state index in [-0.39, 0.29) is 6.10 Å². The quantitative estimate of drug-likeness (QED) is 0.526. The average Bonchev–Trinajstić information content (AvgIpc) is 1.89. The Morgan fingerprint density at radius 2 is 2.00 bits per heavy atom. The minimum absolute atomic E-state index is 0.0382. The first-order valence-electron chi connectivity index (χ1n) is 3.82. The van der Waals surface area contributed by atoms with E-state index in [1.54, 1.807) is 0 Å². The van der Waals surface area contributed by atoms with Crippen molar-refractivity contribution in [2.45, 2.75) is 44.4 Å². The number of hydrogen-bond acceptors (Lipinski definition) is 1. The molecular formula is C7H14BO. The van der Waals surface area contributed by atoms with Gasteiger partial charge < -0.3 is 5.11 Å². The predicted octanol–water partition coefficient (Wildman–Crippen LogP) is 1.46. The summed E-state index contributed by atoms with van der Waals surface area (Å²) in [5, 5.41) is 9.34. The summed E-state index contributed by atoms with van der Waals surface area (Å²) in [4.78, 5) is 0. The molecule has 1 radical (unpaired) electrons. The third-order valence-corrected chi connectivity index (χ3v) is 2.21. The van der Waals surface area contributed by atoms with E-state index in [9.17, 15) is 5.11 Å². The molecule has 0 aromatic heterocycles. The van der Waals surface area contributed by atoms with E-state index in [4.69, 9.17) is 0 Å².